The molecule has 3 nitrogen and oxygen atoms in total. The Kier molecular flexibility index (Phi) is 4.20. The third-order valence-corrected chi connectivity index (χ3v) is 5.09. The third kappa shape index (κ3) is 2.80. The average molecular weight is 313 g/mol. The highest BCUT2D eigenvalue weighted by Crippen LogP contribution is 2.31. The minimum absolute atomic E-state index is 0.263. The van der Waals surface area contributed by atoms with E-state index in [4.69, 9.17) is 23.2 Å². The van der Waals surface area contributed by atoms with Crippen LogP contribution in [0.15, 0.2) is 18.2 Å². The second kappa shape index (κ2) is 5.92. The van der Waals surface area contributed by atoms with E-state index in [9.17, 15) is 4.79 Å². The molecule has 0 aliphatic carbocycles. The summed E-state index contributed by atoms with van der Waals surface area (Å²) in [5, 5.41) is 4.53. The first-order chi connectivity index (χ1) is 9.65. The van der Waals surface area contributed by atoms with Gasteiger partial charge < -0.3 is 10.2 Å². The van der Waals surface area contributed by atoms with Crippen molar-refractivity contribution in [1.82, 2.24) is 10.2 Å². The molecule has 0 spiro atoms. The normalized spacial score (nSPS) is 26.5. The summed E-state index contributed by atoms with van der Waals surface area (Å²) in [6.07, 6.45) is 2.70. The number of nitrogens with zero attached hydrogens (tertiary/aromatic N) is 1. The van der Waals surface area contributed by atoms with Crippen molar-refractivity contribution in [3.05, 3.63) is 33.8 Å². The van der Waals surface area contributed by atoms with Crippen molar-refractivity contribution in [3.63, 3.8) is 0 Å². The van der Waals surface area contributed by atoms with Crippen molar-refractivity contribution >= 4 is 29.1 Å². The Labute approximate surface area is 129 Å². The van der Waals surface area contributed by atoms with Gasteiger partial charge in [-0.25, -0.2) is 0 Å². The topological polar surface area (TPSA) is 32.3 Å². The SMILES string of the molecule is O=C1CCC2CNCCC2N1Cc1ccc(Cl)c(Cl)c1. The van der Waals surface area contributed by atoms with Crippen molar-refractivity contribution in [2.24, 2.45) is 5.92 Å². The van der Waals surface area contributed by atoms with Crippen LogP contribution >= 0.6 is 23.2 Å². The number of hydrogen-bond donors (Lipinski definition) is 1. The van der Waals surface area contributed by atoms with Crippen LogP contribution in [0.1, 0.15) is 24.8 Å². The predicted octanol–water partition coefficient (Wildman–Crippen LogP) is 3.09. The standard InChI is InChI=1S/C15H18Cl2N2O/c16-12-3-1-10(7-13(12)17)9-19-14-5-6-18-8-11(14)2-4-15(19)20/h1,3,7,11,14,18H,2,4-6,8-9H2. The summed E-state index contributed by atoms with van der Waals surface area (Å²) >= 11 is 12.0. The Hall–Kier alpha value is -0.770. The molecule has 1 amide bonds. The van der Waals surface area contributed by atoms with Crippen LogP contribution in [0.3, 0.4) is 0 Å². The second-order valence-corrected chi connectivity index (χ2v) is 6.44. The highest BCUT2D eigenvalue weighted by molar-refractivity contribution is 6.42. The van der Waals surface area contributed by atoms with E-state index in [0.29, 0.717) is 35.0 Å². The number of fused-ring (bicyclic) bond motifs is 1. The van der Waals surface area contributed by atoms with Crippen molar-refractivity contribution in [2.75, 3.05) is 13.1 Å². The van der Waals surface area contributed by atoms with Gasteiger partial charge in [-0.3, -0.25) is 4.79 Å². The minimum atomic E-state index is 0.263. The molecule has 0 radical (unpaired) electrons. The van der Waals surface area contributed by atoms with E-state index in [0.717, 1.165) is 31.5 Å². The van der Waals surface area contributed by atoms with Gasteiger partial charge in [0.15, 0.2) is 0 Å². The Morgan fingerprint density at radius 3 is 2.90 bits per heavy atom. The van der Waals surface area contributed by atoms with Gasteiger partial charge in [0.25, 0.3) is 0 Å². The Morgan fingerprint density at radius 1 is 1.25 bits per heavy atom. The van der Waals surface area contributed by atoms with E-state index in [1.165, 1.54) is 0 Å². The zero-order chi connectivity index (χ0) is 14.1. The number of halogens is 2. The molecule has 2 atom stereocenters. The molecule has 5 heteroatoms. The van der Waals surface area contributed by atoms with Crippen molar-refractivity contribution in [1.29, 1.82) is 0 Å². The smallest absolute Gasteiger partial charge is 0.223 e. The van der Waals surface area contributed by atoms with Crippen molar-refractivity contribution in [2.45, 2.75) is 31.8 Å². The van der Waals surface area contributed by atoms with E-state index in [2.05, 4.69) is 5.32 Å². The van der Waals surface area contributed by atoms with E-state index < -0.39 is 0 Å². The summed E-state index contributed by atoms with van der Waals surface area (Å²) in [6, 6.07) is 5.98. The minimum Gasteiger partial charge on any atom is -0.335 e. The molecular weight excluding hydrogens is 295 g/mol. The quantitative estimate of drug-likeness (QED) is 0.910. The molecule has 1 N–H and O–H groups in total. The maximum atomic E-state index is 12.3. The van der Waals surface area contributed by atoms with Gasteiger partial charge in [0, 0.05) is 19.0 Å². The third-order valence-electron chi connectivity index (χ3n) is 4.35. The molecule has 3 rings (SSSR count). The molecular formula is C15H18Cl2N2O. The lowest BCUT2D eigenvalue weighted by Crippen LogP contribution is -2.54. The Bertz CT molecular complexity index is 521. The van der Waals surface area contributed by atoms with Crippen molar-refractivity contribution in [3.8, 4) is 0 Å². The molecule has 0 saturated carbocycles. The lowest BCUT2D eigenvalue weighted by Gasteiger charge is -2.44. The first-order valence-electron chi connectivity index (χ1n) is 7.09. The second-order valence-electron chi connectivity index (χ2n) is 5.63. The van der Waals surface area contributed by atoms with Crippen LogP contribution in [0.4, 0.5) is 0 Å². The molecule has 0 aromatic heterocycles. The number of hydrogen-bond acceptors (Lipinski definition) is 2. The fraction of sp³-hybridized carbons (Fsp3) is 0.533. The molecule has 2 aliphatic rings. The number of rotatable bonds is 2. The van der Waals surface area contributed by atoms with Crippen molar-refractivity contribution < 1.29 is 4.79 Å². The summed E-state index contributed by atoms with van der Waals surface area (Å²) in [4.78, 5) is 14.3. The van der Waals surface area contributed by atoms with Gasteiger partial charge in [0.1, 0.15) is 0 Å². The van der Waals surface area contributed by atoms with Crippen LogP contribution in [0.5, 0.6) is 0 Å². The number of nitrogens with one attached hydrogen (secondary N) is 1. The zero-order valence-corrected chi connectivity index (χ0v) is 12.8. The molecule has 2 saturated heterocycles. The average Bonchev–Trinajstić information content (AvgIpc) is 2.46. The monoisotopic (exact) mass is 312 g/mol. The summed E-state index contributed by atoms with van der Waals surface area (Å²) in [5.41, 5.74) is 1.05. The summed E-state index contributed by atoms with van der Waals surface area (Å²) in [7, 11) is 0. The van der Waals surface area contributed by atoms with Crippen LogP contribution in [0, 0.1) is 5.92 Å². The molecule has 2 fully saturated rings. The lowest BCUT2D eigenvalue weighted by atomic mass is 9.84. The number of benzene rings is 1. The maximum absolute atomic E-state index is 12.3. The molecule has 20 heavy (non-hydrogen) atoms. The number of carbonyl (C=O) groups is 1. The van der Waals surface area contributed by atoms with Crippen LogP contribution in [0.2, 0.25) is 10.0 Å². The Balaban J connectivity index is 1.79. The molecule has 1 aromatic rings. The molecule has 0 bridgehead atoms. The number of amides is 1. The van der Waals surface area contributed by atoms with E-state index in [-0.39, 0.29) is 5.91 Å². The summed E-state index contributed by atoms with van der Waals surface area (Å²) < 4.78 is 0. The van der Waals surface area contributed by atoms with Crippen LogP contribution < -0.4 is 5.32 Å². The highest BCUT2D eigenvalue weighted by atomic mass is 35.5. The Morgan fingerprint density at radius 2 is 2.10 bits per heavy atom. The lowest BCUT2D eigenvalue weighted by molar-refractivity contribution is -0.140. The first-order valence-corrected chi connectivity index (χ1v) is 7.85. The van der Waals surface area contributed by atoms with Gasteiger partial charge in [-0.05, 0) is 49.5 Å². The van der Waals surface area contributed by atoms with Gasteiger partial charge in [-0.2, -0.15) is 0 Å². The largest absolute Gasteiger partial charge is 0.335 e. The zero-order valence-electron chi connectivity index (χ0n) is 11.2. The fourth-order valence-corrected chi connectivity index (χ4v) is 3.61. The van der Waals surface area contributed by atoms with E-state index >= 15 is 0 Å². The molecule has 2 aliphatic heterocycles. The summed E-state index contributed by atoms with van der Waals surface area (Å²) in [5.74, 6) is 0.850. The summed E-state index contributed by atoms with van der Waals surface area (Å²) in [6.45, 7) is 2.65. The molecule has 108 valence electrons. The van der Waals surface area contributed by atoms with Gasteiger partial charge in [0.05, 0.1) is 10.0 Å². The molecule has 1 aromatic carbocycles. The number of likely N-dealkylation sites (tertiary alicyclic amines) is 1. The maximum Gasteiger partial charge on any atom is 0.223 e. The fourth-order valence-electron chi connectivity index (χ4n) is 3.29. The first kappa shape index (κ1) is 14.2. The van der Waals surface area contributed by atoms with E-state index in [1.807, 2.05) is 17.0 Å². The van der Waals surface area contributed by atoms with Crippen LogP contribution in [-0.2, 0) is 11.3 Å². The molecule has 2 heterocycles. The van der Waals surface area contributed by atoms with Gasteiger partial charge >= 0.3 is 0 Å². The number of piperidine rings is 2. The van der Waals surface area contributed by atoms with Gasteiger partial charge in [0.2, 0.25) is 5.91 Å². The highest BCUT2D eigenvalue weighted by Gasteiger charge is 2.36. The van der Waals surface area contributed by atoms with Gasteiger partial charge in [-0.1, -0.05) is 29.3 Å². The van der Waals surface area contributed by atoms with Crippen LogP contribution in [-0.4, -0.2) is 29.9 Å². The van der Waals surface area contributed by atoms with E-state index in [1.54, 1.807) is 6.07 Å². The molecule has 2 unspecified atom stereocenters. The predicted molar refractivity (Wildman–Crippen MR) is 81.0 cm³/mol. The number of carbonyl (C=O) groups excluding carboxylic acids is 1. The van der Waals surface area contributed by atoms with Gasteiger partial charge in [-0.15, -0.1) is 0 Å². The van der Waals surface area contributed by atoms with Crippen LogP contribution in [0.25, 0.3) is 0 Å².